The highest BCUT2D eigenvalue weighted by Gasteiger charge is 2.21. The number of ether oxygens (including phenoxy) is 2. The molecule has 2 heterocycles. The van der Waals surface area contributed by atoms with Gasteiger partial charge in [-0.3, -0.25) is 4.79 Å². The molecule has 0 fully saturated rings. The molecule has 1 aliphatic heterocycles. The van der Waals surface area contributed by atoms with Crippen LogP contribution in [-0.4, -0.2) is 54.3 Å². The lowest BCUT2D eigenvalue weighted by molar-refractivity contribution is -0.118. The number of benzene rings is 3. The number of fused-ring (bicyclic) bond motifs is 2. The van der Waals surface area contributed by atoms with E-state index < -0.39 is 5.82 Å². The van der Waals surface area contributed by atoms with Crippen molar-refractivity contribution in [1.82, 2.24) is 9.88 Å². The van der Waals surface area contributed by atoms with Crippen LogP contribution in [0, 0.1) is 5.82 Å². The Kier molecular flexibility index (Phi) is 6.85. The van der Waals surface area contributed by atoms with Gasteiger partial charge in [-0.2, -0.15) is 0 Å². The summed E-state index contributed by atoms with van der Waals surface area (Å²) in [5.41, 5.74) is 3.31. The van der Waals surface area contributed by atoms with Gasteiger partial charge in [0.1, 0.15) is 18.3 Å². The SMILES string of the molecule is CN(C)CCC(=O)N(C)c1ccc(N=C(c2ccc3c(c2)OC=CO3)c2c(O)[nH]c3cc(F)ccc23)cc1. The highest BCUT2D eigenvalue weighted by Crippen LogP contribution is 2.36. The molecule has 4 aromatic rings. The first-order valence-corrected chi connectivity index (χ1v) is 12.0. The quantitative estimate of drug-likeness (QED) is 0.325. The number of carbonyl (C=O) groups is 1. The minimum Gasteiger partial charge on any atom is -0.494 e. The van der Waals surface area contributed by atoms with Crippen molar-refractivity contribution >= 4 is 33.9 Å². The van der Waals surface area contributed by atoms with Crippen LogP contribution >= 0.6 is 0 Å². The van der Waals surface area contributed by atoms with Gasteiger partial charge in [-0.25, -0.2) is 9.38 Å². The number of anilines is 1. The van der Waals surface area contributed by atoms with E-state index in [0.29, 0.717) is 57.9 Å². The Hall–Kier alpha value is -4.63. The van der Waals surface area contributed by atoms with Crippen molar-refractivity contribution in [3.8, 4) is 17.4 Å². The molecule has 2 N–H and O–H groups in total. The molecular weight excluding hydrogens is 487 g/mol. The van der Waals surface area contributed by atoms with Gasteiger partial charge in [-0.15, -0.1) is 0 Å². The van der Waals surface area contributed by atoms with E-state index >= 15 is 0 Å². The number of halogens is 1. The number of nitrogens with zero attached hydrogens (tertiary/aromatic N) is 3. The van der Waals surface area contributed by atoms with Gasteiger partial charge in [0.15, 0.2) is 17.4 Å². The molecule has 8 nitrogen and oxygen atoms in total. The van der Waals surface area contributed by atoms with Gasteiger partial charge >= 0.3 is 0 Å². The van der Waals surface area contributed by atoms with Crippen LogP contribution in [0.2, 0.25) is 0 Å². The second-order valence-corrected chi connectivity index (χ2v) is 9.19. The van der Waals surface area contributed by atoms with Crippen LogP contribution in [-0.2, 0) is 4.79 Å². The second-order valence-electron chi connectivity index (χ2n) is 9.19. The van der Waals surface area contributed by atoms with Gasteiger partial charge in [0.25, 0.3) is 0 Å². The first-order chi connectivity index (χ1) is 18.3. The van der Waals surface area contributed by atoms with Crippen LogP contribution in [0.4, 0.5) is 15.8 Å². The normalized spacial score (nSPS) is 12.8. The summed E-state index contributed by atoms with van der Waals surface area (Å²) in [4.78, 5) is 23.8. The third kappa shape index (κ3) is 5.09. The average molecular weight is 515 g/mol. The average Bonchev–Trinajstić information content (AvgIpc) is 3.24. The molecule has 38 heavy (non-hydrogen) atoms. The number of amides is 1. The molecule has 1 aliphatic rings. The van der Waals surface area contributed by atoms with Crippen LogP contribution in [0.15, 0.2) is 78.2 Å². The predicted octanol–water partition coefficient (Wildman–Crippen LogP) is 5.34. The fourth-order valence-corrected chi connectivity index (χ4v) is 4.22. The van der Waals surface area contributed by atoms with Crippen molar-refractivity contribution in [2.45, 2.75) is 6.42 Å². The summed E-state index contributed by atoms with van der Waals surface area (Å²) >= 11 is 0. The molecule has 0 radical (unpaired) electrons. The third-order valence-electron chi connectivity index (χ3n) is 6.27. The first-order valence-electron chi connectivity index (χ1n) is 12.0. The van der Waals surface area contributed by atoms with E-state index in [9.17, 15) is 14.3 Å². The van der Waals surface area contributed by atoms with Crippen molar-refractivity contribution in [2.75, 3.05) is 32.6 Å². The summed E-state index contributed by atoms with van der Waals surface area (Å²) in [6.45, 7) is 0.665. The molecule has 3 aromatic carbocycles. The van der Waals surface area contributed by atoms with Crippen molar-refractivity contribution in [3.05, 3.63) is 90.1 Å². The summed E-state index contributed by atoms with van der Waals surface area (Å²) in [7, 11) is 5.60. The predicted molar refractivity (Wildman–Crippen MR) is 145 cm³/mol. The maximum Gasteiger partial charge on any atom is 0.228 e. The van der Waals surface area contributed by atoms with Crippen molar-refractivity contribution in [1.29, 1.82) is 0 Å². The zero-order valence-electron chi connectivity index (χ0n) is 21.2. The molecule has 0 aliphatic carbocycles. The Morgan fingerprint density at radius 3 is 2.45 bits per heavy atom. The largest absolute Gasteiger partial charge is 0.494 e. The first kappa shape index (κ1) is 25.0. The fraction of sp³-hybridized carbons (Fsp3) is 0.172. The van der Waals surface area contributed by atoms with E-state index in [-0.39, 0.29) is 11.8 Å². The van der Waals surface area contributed by atoms with Gasteiger partial charge in [-0.1, -0.05) is 0 Å². The van der Waals surface area contributed by atoms with Gasteiger partial charge in [0, 0.05) is 36.7 Å². The number of aromatic hydroxyl groups is 1. The number of nitrogens with one attached hydrogen (secondary N) is 1. The number of H-pyrrole nitrogens is 1. The molecule has 194 valence electrons. The topological polar surface area (TPSA) is 90.4 Å². The number of aromatic nitrogens is 1. The Morgan fingerprint density at radius 1 is 0.974 bits per heavy atom. The van der Waals surface area contributed by atoms with Crippen LogP contribution in [0.25, 0.3) is 10.9 Å². The van der Waals surface area contributed by atoms with Gasteiger partial charge in [0.2, 0.25) is 5.91 Å². The zero-order valence-corrected chi connectivity index (χ0v) is 21.2. The van der Waals surface area contributed by atoms with E-state index in [1.807, 2.05) is 37.2 Å². The highest BCUT2D eigenvalue weighted by atomic mass is 19.1. The van der Waals surface area contributed by atoms with E-state index in [1.54, 1.807) is 42.3 Å². The highest BCUT2D eigenvalue weighted by molar-refractivity contribution is 6.22. The Balaban J connectivity index is 1.56. The monoisotopic (exact) mass is 514 g/mol. The zero-order chi connectivity index (χ0) is 26.8. The third-order valence-corrected chi connectivity index (χ3v) is 6.27. The lowest BCUT2D eigenvalue weighted by Gasteiger charge is -2.19. The molecule has 0 atom stereocenters. The lowest BCUT2D eigenvalue weighted by atomic mass is 10.00. The maximum absolute atomic E-state index is 13.9. The molecule has 0 spiro atoms. The lowest BCUT2D eigenvalue weighted by Crippen LogP contribution is -2.29. The van der Waals surface area contributed by atoms with Gasteiger partial charge in [-0.05, 0) is 74.8 Å². The standard InChI is InChI=1S/C29H27FN4O4/c1-33(2)13-12-26(35)34(3)21-8-6-20(7-9-21)31-28(18-4-11-24-25(16-18)38-15-14-37-24)27-22-10-5-19(30)17-23(22)32-29(27)36/h4-11,14-17,32,36H,12-13H2,1-3H3. The molecule has 1 aromatic heterocycles. The van der Waals surface area contributed by atoms with Crippen molar-refractivity contribution in [3.63, 3.8) is 0 Å². The van der Waals surface area contributed by atoms with Crippen LogP contribution < -0.4 is 14.4 Å². The smallest absolute Gasteiger partial charge is 0.228 e. The van der Waals surface area contributed by atoms with Crippen molar-refractivity contribution in [2.24, 2.45) is 4.99 Å². The molecule has 1 amide bonds. The number of carbonyl (C=O) groups excluding carboxylic acids is 1. The van der Waals surface area contributed by atoms with Gasteiger partial charge in [0.05, 0.1) is 22.5 Å². The number of hydrogen-bond donors (Lipinski definition) is 2. The number of hydrogen-bond acceptors (Lipinski definition) is 6. The summed E-state index contributed by atoms with van der Waals surface area (Å²) in [5, 5.41) is 11.5. The molecule has 9 heteroatoms. The summed E-state index contributed by atoms with van der Waals surface area (Å²) in [6, 6.07) is 16.8. The van der Waals surface area contributed by atoms with Crippen molar-refractivity contribution < 1.29 is 23.8 Å². The molecular formula is C29H27FN4O4. The van der Waals surface area contributed by atoms with Gasteiger partial charge < -0.3 is 29.4 Å². The second kappa shape index (κ2) is 10.4. The Labute approximate surface area is 219 Å². The van der Waals surface area contributed by atoms with Crippen LogP contribution in [0.5, 0.6) is 17.4 Å². The van der Waals surface area contributed by atoms with E-state index in [4.69, 9.17) is 14.5 Å². The molecule has 0 saturated carbocycles. The Bertz CT molecular complexity index is 1560. The summed E-state index contributed by atoms with van der Waals surface area (Å²) in [5.74, 6) is 0.497. The van der Waals surface area contributed by atoms with E-state index in [0.717, 1.165) is 5.69 Å². The van der Waals surface area contributed by atoms with E-state index in [2.05, 4.69) is 4.98 Å². The number of aromatic amines is 1. The molecule has 0 bridgehead atoms. The van der Waals surface area contributed by atoms with Crippen LogP contribution in [0.3, 0.4) is 0 Å². The molecule has 0 unspecified atom stereocenters. The number of aliphatic imine (C=N–C) groups is 1. The van der Waals surface area contributed by atoms with Crippen LogP contribution in [0.1, 0.15) is 17.5 Å². The van der Waals surface area contributed by atoms with E-state index in [1.165, 1.54) is 24.7 Å². The maximum atomic E-state index is 13.9. The molecule has 0 saturated heterocycles. The molecule has 5 rings (SSSR count). The number of rotatable bonds is 7. The summed E-state index contributed by atoms with van der Waals surface area (Å²) < 4.78 is 25.0. The Morgan fingerprint density at radius 2 is 1.71 bits per heavy atom. The summed E-state index contributed by atoms with van der Waals surface area (Å²) in [6.07, 6.45) is 3.29. The minimum absolute atomic E-state index is 0.0110. The minimum atomic E-state index is -0.422. The fourth-order valence-electron chi connectivity index (χ4n) is 4.22.